The molecular weight excluding hydrogens is 122 g/mol. The van der Waals surface area contributed by atoms with Crippen molar-refractivity contribution < 1.29 is 0 Å². The molecule has 56 valence electrons. The van der Waals surface area contributed by atoms with E-state index in [-0.39, 0.29) is 11.0 Å². The Morgan fingerprint density at radius 1 is 1.00 bits per heavy atom. The van der Waals surface area contributed by atoms with E-state index in [4.69, 9.17) is 5.73 Å². The molecule has 1 atom stereocenters. The molecule has 0 spiro atoms. The van der Waals surface area contributed by atoms with Crippen molar-refractivity contribution in [2.45, 2.75) is 26.3 Å². The second-order valence-electron chi connectivity index (χ2n) is 3.72. The zero-order valence-corrected chi connectivity index (χ0v) is 6.89. The molecule has 0 aromatic rings. The van der Waals surface area contributed by atoms with Crippen LogP contribution in [0.4, 0.5) is 0 Å². The number of hydrogen-bond donors (Lipinski definition) is 1. The lowest BCUT2D eigenvalue weighted by atomic mass is 9.72. The molecule has 0 radical (unpaired) electrons. The smallest absolute Gasteiger partial charge is 0.0400 e. The fraction of sp³-hybridized carbons (Fsp3) is 0.556. The van der Waals surface area contributed by atoms with Gasteiger partial charge in [-0.1, -0.05) is 38.2 Å². The minimum absolute atomic E-state index is 0.0851. The molecule has 0 aromatic carbocycles. The minimum Gasteiger partial charge on any atom is -0.321 e. The van der Waals surface area contributed by atoms with Crippen molar-refractivity contribution >= 4 is 0 Å². The molecule has 0 saturated heterocycles. The van der Waals surface area contributed by atoms with Crippen LogP contribution in [-0.4, -0.2) is 5.54 Å². The van der Waals surface area contributed by atoms with Crippen LogP contribution in [-0.2, 0) is 0 Å². The molecule has 0 aliphatic heterocycles. The standard InChI is InChI=1S/C9H15N/c1-8(2)6-4-5-7-9(8,3)10/h4-7H,10H2,1-3H3. The lowest BCUT2D eigenvalue weighted by molar-refractivity contribution is 0.304. The predicted molar refractivity (Wildman–Crippen MR) is 44.7 cm³/mol. The first-order valence-electron chi connectivity index (χ1n) is 3.62. The second kappa shape index (κ2) is 1.96. The minimum atomic E-state index is -0.193. The Kier molecular flexibility index (Phi) is 1.48. The van der Waals surface area contributed by atoms with Crippen LogP contribution in [0.15, 0.2) is 24.3 Å². The number of rotatable bonds is 0. The van der Waals surface area contributed by atoms with Crippen molar-refractivity contribution in [1.29, 1.82) is 0 Å². The largest absolute Gasteiger partial charge is 0.321 e. The van der Waals surface area contributed by atoms with Gasteiger partial charge in [0.2, 0.25) is 0 Å². The Morgan fingerprint density at radius 3 is 1.80 bits per heavy atom. The molecule has 10 heavy (non-hydrogen) atoms. The quantitative estimate of drug-likeness (QED) is 0.542. The van der Waals surface area contributed by atoms with Crippen molar-refractivity contribution in [3.63, 3.8) is 0 Å². The van der Waals surface area contributed by atoms with Gasteiger partial charge in [-0.05, 0) is 6.92 Å². The summed E-state index contributed by atoms with van der Waals surface area (Å²) < 4.78 is 0. The molecular formula is C9H15N. The summed E-state index contributed by atoms with van der Waals surface area (Å²) in [6.07, 6.45) is 8.25. The molecule has 1 aliphatic carbocycles. The molecule has 2 N–H and O–H groups in total. The summed E-state index contributed by atoms with van der Waals surface area (Å²) in [5, 5.41) is 0. The molecule has 1 nitrogen and oxygen atoms in total. The molecule has 1 rings (SSSR count). The van der Waals surface area contributed by atoms with E-state index in [0.717, 1.165) is 0 Å². The van der Waals surface area contributed by atoms with E-state index < -0.39 is 0 Å². The van der Waals surface area contributed by atoms with Gasteiger partial charge in [0, 0.05) is 11.0 Å². The van der Waals surface area contributed by atoms with Crippen LogP contribution in [0.25, 0.3) is 0 Å². The van der Waals surface area contributed by atoms with Crippen LogP contribution in [0.5, 0.6) is 0 Å². The van der Waals surface area contributed by atoms with Crippen LogP contribution in [0.3, 0.4) is 0 Å². The maximum Gasteiger partial charge on any atom is 0.0400 e. The van der Waals surface area contributed by atoms with Crippen molar-refractivity contribution in [2.75, 3.05) is 0 Å². The molecule has 0 saturated carbocycles. The Morgan fingerprint density at radius 2 is 1.50 bits per heavy atom. The summed E-state index contributed by atoms with van der Waals surface area (Å²) >= 11 is 0. The molecule has 0 heterocycles. The normalized spacial score (nSPS) is 36.4. The van der Waals surface area contributed by atoms with Crippen LogP contribution < -0.4 is 5.73 Å². The van der Waals surface area contributed by atoms with E-state index in [1.165, 1.54) is 0 Å². The van der Waals surface area contributed by atoms with Gasteiger partial charge in [-0.15, -0.1) is 0 Å². The highest BCUT2D eigenvalue weighted by Gasteiger charge is 2.33. The molecule has 0 amide bonds. The fourth-order valence-corrected chi connectivity index (χ4v) is 0.946. The van der Waals surface area contributed by atoms with E-state index in [1.54, 1.807) is 0 Å². The second-order valence-corrected chi connectivity index (χ2v) is 3.72. The Labute approximate surface area is 62.6 Å². The van der Waals surface area contributed by atoms with Gasteiger partial charge in [-0.3, -0.25) is 0 Å². The van der Waals surface area contributed by atoms with E-state index in [1.807, 2.05) is 19.1 Å². The average molecular weight is 137 g/mol. The summed E-state index contributed by atoms with van der Waals surface area (Å²) in [4.78, 5) is 0. The van der Waals surface area contributed by atoms with Crippen LogP contribution in [0.2, 0.25) is 0 Å². The first-order valence-corrected chi connectivity index (χ1v) is 3.62. The third kappa shape index (κ3) is 1.01. The van der Waals surface area contributed by atoms with Crippen molar-refractivity contribution in [1.82, 2.24) is 0 Å². The van der Waals surface area contributed by atoms with Gasteiger partial charge in [0.25, 0.3) is 0 Å². The first-order chi connectivity index (χ1) is 4.46. The van der Waals surface area contributed by atoms with E-state index in [0.29, 0.717) is 0 Å². The third-order valence-corrected chi connectivity index (χ3v) is 2.45. The van der Waals surface area contributed by atoms with Crippen molar-refractivity contribution in [3.8, 4) is 0 Å². The van der Waals surface area contributed by atoms with Crippen LogP contribution >= 0.6 is 0 Å². The van der Waals surface area contributed by atoms with Gasteiger partial charge in [0.05, 0.1) is 0 Å². The van der Waals surface area contributed by atoms with Gasteiger partial charge in [0.1, 0.15) is 0 Å². The molecule has 0 aromatic heterocycles. The molecule has 1 aliphatic rings. The van der Waals surface area contributed by atoms with Gasteiger partial charge >= 0.3 is 0 Å². The molecule has 0 fully saturated rings. The highest BCUT2D eigenvalue weighted by atomic mass is 14.8. The highest BCUT2D eigenvalue weighted by Crippen LogP contribution is 2.33. The molecule has 0 bridgehead atoms. The summed E-state index contributed by atoms with van der Waals surface area (Å²) in [7, 11) is 0. The Hall–Kier alpha value is -0.560. The number of nitrogens with two attached hydrogens (primary N) is 1. The number of hydrogen-bond acceptors (Lipinski definition) is 1. The lowest BCUT2D eigenvalue weighted by Crippen LogP contribution is -2.48. The van der Waals surface area contributed by atoms with Crippen LogP contribution in [0.1, 0.15) is 20.8 Å². The van der Waals surface area contributed by atoms with Crippen LogP contribution in [0, 0.1) is 5.41 Å². The first kappa shape index (κ1) is 7.55. The summed E-state index contributed by atoms with van der Waals surface area (Å²) in [5.74, 6) is 0. The summed E-state index contributed by atoms with van der Waals surface area (Å²) in [6, 6.07) is 0. The van der Waals surface area contributed by atoms with E-state index in [9.17, 15) is 0 Å². The SMILES string of the molecule is CC1(C)C=CC=CC1(C)N. The Balaban J connectivity index is 2.96. The van der Waals surface area contributed by atoms with Gasteiger partial charge in [-0.2, -0.15) is 0 Å². The monoisotopic (exact) mass is 137 g/mol. The zero-order valence-electron chi connectivity index (χ0n) is 6.89. The van der Waals surface area contributed by atoms with E-state index in [2.05, 4.69) is 26.0 Å². The van der Waals surface area contributed by atoms with Gasteiger partial charge < -0.3 is 5.73 Å². The van der Waals surface area contributed by atoms with Gasteiger partial charge in [-0.25, -0.2) is 0 Å². The third-order valence-electron chi connectivity index (χ3n) is 2.45. The number of allylic oxidation sites excluding steroid dienone is 2. The van der Waals surface area contributed by atoms with Crippen molar-refractivity contribution in [2.24, 2.45) is 11.1 Å². The predicted octanol–water partition coefficient (Wildman–Crippen LogP) is 1.86. The summed E-state index contributed by atoms with van der Waals surface area (Å²) in [5.41, 5.74) is 5.91. The maximum atomic E-state index is 6.02. The van der Waals surface area contributed by atoms with Gasteiger partial charge in [0.15, 0.2) is 0 Å². The highest BCUT2D eigenvalue weighted by molar-refractivity contribution is 5.25. The Bertz CT molecular complexity index is 163. The average Bonchev–Trinajstić information content (AvgIpc) is 1.77. The van der Waals surface area contributed by atoms with Crippen molar-refractivity contribution in [3.05, 3.63) is 24.3 Å². The maximum absolute atomic E-state index is 6.02. The topological polar surface area (TPSA) is 26.0 Å². The summed E-state index contributed by atoms with van der Waals surface area (Å²) in [6.45, 7) is 6.34. The fourth-order valence-electron chi connectivity index (χ4n) is 0.946. The zero-order chi connectivity index (χ0) is 7.83. The molecule has 1 unspecified atom stereocenters. The molecule has 1 heteroatoms. The lowest BCUT2D eigenvalue weighted by Gasteiger charge is -2.38. The van der Waals surface area contributed by atoms with E-state index >= 15 is 0 Å².